The Balaban J connectivity index is 0. The normalized spacial score (nSPS) is 14.3. The van der Waals surface area contributed by atoms with E-state index in [0.29, 0.717) is 0 Å². The van der Waals surface area contributed by atoms with Gasteiger partial charge in [-0.15, -0.1) is 0 Å². The first-order chi connectivity index (χ1) is 6.57. The first-order valence-corrected chi connectivity index (χ1v) is 5.12. The number of aliphatic hydroxyl groups excluding tert-OH is 2. The summed E-state index contributed by atoms with van der Waals surface area (Å²) in [5.74, 6) is -0.756. The maximum atomic E-state index is 10.3. The van der Waals surface area contributed by atoms with Gasteiger partial charge in [-0.3, -0.25) is 0 Å². The van der Waals surface area contributed by atoms with E-state index >= 15 is 0 Å². The summed E-state index contributed by atoms with van der Waals surface area (Å²) < 4.78 is 13.1. The van der Waals surface area contributed by atoms with Crippen molar-refractivity contribution in [1.82, 2.24) is 0 Å². The molecular weight excluding hydrogens is 231 g/mol. The highest BCUT2D eigenvalue weighted by molar-refractivity contribution is 7.45. The monoisotopic (exact) mass is 244 g/mol. The van der Waals surface area contributed by atoms with Crippen LogP contribution < -0.4 is 0 Å². The second-order valence-corrected chi connectivity index (χ2v) is 3.31. The van der Waals surface area contributed by atoms with Crippen molar-refractivity contribution in [2.24, 2.45) is 0 Å². The van der Waals surface area contributed by atoms with Crippen LogP contribution in [0.4, 0.5) is 0 Å². The van der Waals surface area contributed by atoms with Gasteiger partial charge < -0.3 is 29.6 Å². The zero-order chi connectivity index (χ0) is 12.6. The van der Waals surface area contributed by atoms with Crippen molar-refractivity contribution in [2.75, 3.05) is 0 Å². The molecule has 0 aromatic rings. The van der Waals surface area contributed by atoms with E-state index in [4.69, 9.17) is 29.5 Å². The number of carbonyl (C=O) groups excluding carboxylic acids is 1. The average molecular weight is 244 g/mol. The minimum absolute atomic E-state index is 0.756. The van der Waals surface area contributed by atoms with Crippen molar-refractivity contribution in [3.8, 4) is 0 Å². The molecule has 8 nitrogen and oxygen atoms in total. The van der Waals surface area contributed by atoms with E-state index in [1.54, 1.807) is 0 Å². The van der Waals surface area contributed by atoms with Gasteiger partial charge in [0.15, 0.2) is 0 Å². The first kappa shape index (κ1) is 16.7. The molecular formula is C6H13O8P. The maximum absolute atomic E-state index is 10.3. The van der Waals surface area contributed by atoms with Crippen LogP contribution in [0.25, 0.3) is 0 Å². The predicted molar refractivity (Wildman–Crippen MR) is 48.2 cm³/mol. The Morgan fingerprint density at radius 1 is 1.40 bits per heavy atom. The number of carbonyl (C=O) groups is 1. The molecule has 0 rings (SSSR count). The van der Waals surface area contributed by atoms with Crippen molar-refractivity contribution in [3.63, 3.8) is 0 Å². The molecule has 2 unspecified atom stereocenters. The molecule has 0 radical (unpaired) electrons. The van der Waals surface area contributed by atoms with Gasteiger partial charge in [0.05, 0.1) is 0 Å². The van der Waals surface area contributed by atoms with Gasteiger partial charge in [-0.25, -0.2) is 9.36 Å². The topological polar surface area (TPSA) is 145 Å². The fraction of sp³-hybridized carbons (Fsp3) is 0.500. The molecule has 0 saturated heterocycles. The largest absolute Gasteiger partial charge is 0.466 e. The van der Waals surface area contributed by atoms with Gasteiger partial charge in [-0.05, 0) is 6.92 Å². The lowest BCUT2D eigenvalue weighted by Crippen LogP contribution is -2.27. The summed E-state index contributed by atoms with van der Waals surface area (Å²) in [5.41, 5.74) is 0. The Morgan fingerprint density at radius 3 is 1.93 bits per heavy atom. The molecule has 0 bridgehead atoms. The van der Waals surface area contributed by atoms with E-state index in [1.165, 1.54) is 6.92 Å². The van der Waals surface area contributed by atoms with Crippen LogP contribution in [0.15, 0.2) is 12.7 Å². The van der Waals surface area contributed by atoms with Crippen molar-refractivity contribution < 1.29 is 39.0 Å². The third-order valence-corrected chi connectivity index (χ3v) is 0.816. The molecule has 0 spiro atoms. The Bertz CT molecular complexity index is 235. The van der Waals surface area contributed by atoms with Crippen LogP contribution in [0.1, 0.15) is 6.92 Å². The molecule has 0 aliphatic heterocycles. The molecule has 0 aliphatic rings. The molecule has 0 aromatic carbocycles. The summed E-state index contributed by atoms with van der Waals surface area (Å²) in [6.07, 6.45) is -1.64. The molecule has 90 valence electrons. The van der Waals surface area contributed by atoms with Crippen LogP contribution in [0.2, 0.25) is 0 Å². The Morgan fingerprint density at radius 2 is 1.73 bits per heavy atom. The summed E-state index contributed by atoms with van der Waals surface area (Å²) in [5, 5.41) is 17.3. The van der Waals surface area contributed by atoms with Gasteiger partial charge in [-0.2, -0.15) is 0 Å². The predicted octanol–water partition coefficient (Wildman–Crippen LogP) is -1.51. The van der Waals surface area contributed by atoms with Gasteiger partial charge in [0.25, 0.3) is 0 Å². The molecule has 0 saturated carbocycles. The number of phosphoric acid groups is 1. The minimum atomic E-state index is -4.64. The summed E-state index contributed by atoms with van der Waals surface area (Å²) >= 11 is 0. The highest BCUT2D eigenvalue weighted by atomic mass is 31.2. The Hall–Kier alpha value is -0.760. The lowest BCUT2D eigenvalue weighted by Gasteiger charge is -2.12. The average Bonchev–Trinajstić information content (AvgIpc) is 2.00. The quantitative estimate of drug-likeness (QED) is 0.174. The number of ether oxygens (including phenoxy) is 1. The highest BCUT2D eigenvalue weighted by Gasteiger charge is 2.13. The molecule has 5 N–H and O–H groups in total. The van der Waals surface area contributed by atoms with Crippen LogP contribution in [0.3, 0.4) is 0 Å². The van der Waals surface area contributed by atoms with Crippen molar-refractivity contribution >= 4 is 13.8 Å². The van der Waals surface area contributed by atoms with Gasteiger partial charge in [0, 0.05) is 6.08 Å². The molecule has 0 aliphatic carbocycles. The Labute approximate surface area is 85.7 Å². The second-order valence-electron chi connectivity index (χ2n) is 2.29. The van der Waals surface area contributed by atoms with Crippen LogP contribution in [0.5, 0.6) is 0 Å². The molecule has 0 fully saturated rings. The lowest BCUT2D eigenvalue weighted by atomic mass is 10.4. The fourth-order valence-corrected chi connectivity index (χ4v) is 0.266. The molecule has 9 heteroatoms. The summed E-state index contributed by atoms with van der Waals surface area (Å²) in [6.45, 7) is 4.41. The fourth-order valence-electron chi connectivity index (χ4n) is 0.266. The van der Waals surface area contributed by atoms with E-state index in [-0.39, 0.29) is 0 Å². The van der Waals surface area contributed by atoms with Gasteiger partial charge >= 0.3 is 13.8 Å². The van der Waals surface area contributed by atoms with Crippen LogP contribution in [0, 0.1) is 0 Å². The number of hydrogen-bond acceptors (Lipinski definition) is 5. The van der Waals surface area contributed by atoms with Crippen molar-refractivity contribution in [2.45, 2.75) is 19.3 Å². The van der Waals surface area contributed by atoms with Crippen molar-refractivity contribution in [3.05, 3.63) is 12.7 Å². The molecule has 0 amide bonds. The minimum Gasteiger partial charge on any atom is -0.430 e. The number of esters is 1. The first-order valence-electron chi connectivity index (χ1n) is 3.55. The van der Waals surface area contributed by atoms with E-state index in [9.17, 15) is 4.79 Å². The van der Waals surface area contributed by atoms with Gasteiger partial charge in [0.2, 0.25) is 6.29 Å². The summed E-state index contributed by atoms with van der Waals surface area (Å²) in [4.78, 5) is 31.9. The SMILES string of the molecule is C=CC(=O)OC(O)C(C)O.O=P(O)(O)O. The van der Waals surface area contributed by atoms with Gasteiger partial charge in [0.1, 0.15) is 6.10 Å². The zero-order valence-corrected chi connectivity index (χ0v) is 8.74. The third kappa shape index (κ3) is 19.6. The van der Waals surface area contributed by atoms with Crippen LogP contribution in [-0.4, -0.2) is 43.3 Å². The zero-order valence-electron chi connectivity index (χ0n) is 7.85. The van der Waals surface area contributed by atoms with E-state index in [1.807, 2.05) is 0 Å². The van der Waals surface area contributed by atoms with E-state index in [0.717, 1.165) is 6.08 Å². The maximum Gasteiger partial charge on any atom is 0.466 e. The third-order valence-electron chi connectivity index (χ3n) is 0.816. The van der Waals surface area contributed by atoms with Crippen LogP contribution >= 0.6 is 7.82 Å². The van der Waals surface area contributed by atoms with Crippen molar-refractivity contribution in [1.29, 1.82) is 0 Å². The second kappa shape index (κ2) is 7.52. The lowest BCUT2D eigenvalue weighted by molar-refractivity contribution is -0.178. The molecule has 2 atom stereocenters. The number of rotatable bonds is 3. The molecule has 0 heterocycles. The van der Waals surface area contributed by atoms with Gasteiger partial charge in [-0.1, -0.05) is 6.58 Å². The van der Waals surface area contributed by atoms with E-state index < -0.39 is 26.2 Å². The summed E-state index contributed by atoms with van der Waals surface area (Å²) in [6, 6.07) is 0. The Kier molecular flexibility index (Phi) is 8.35. The number of aliphatic hydroxyl groups is 2. The van der Waals surface area contributed by atoms with E-state index in [2.05, 4.69) is 11.3 Å². The molecule has 15 heavy (non-hydrogen) atoms. The van der Waals surface area contributed by atoms with Crippen LogP contribution in [-0.2, 0) is 14.1 Å². The highest BCUT2D eigenvalue weighted by Crippen LogP contribution is 2.25. The standard InChI is InChI=1S/C6H10O4.H3O4P/c1-3-5(8)10-6(9)4(2)7;1-5(2,3)4/h3-4,6-7,9H,1H2,2H3;(H3,1,2,3,4). The smallest absolute Gasteiger partial charge is 0.430 e. The molecule has 0 aromatic heterocycles. The number of hydrogen-bond donors (Lipinski definition) is 5. The summed E-state index contributed by atoms with van der Waals surface area (Å²) in [7, 11) is -4.64.